The van der Waals surface area contributed by atoms with Crippen molar-refractivity contribution in [2.75, 3.05) is 5.75 Å². The van der Waals surface area contributed by atoms with Crippen LogP contribution in [0.5, 0.6) is 0 Å². The molecule has 1 aliphatic rings. The lowest BCUT2D eigenvalue weighted by molar-refractivity contribution is -0.119. The van der Waals surface area contributed by atoms with Gasteiger partial charge in [-0.2, -0.15) is 5.26 Å². The molecule has 1 heterocycles. The number of carbonyl (C=O) groups is 1. The van der Waals surface area contributed by atoms with E-state index in [9.17, 15) is 10.1 Å². The van der Waals surface area contributed by atoms with Crippen molar-refractivity contribution in [3.05, 3.63) is 30.3 Å². The van der Waals surface area contributed by atoms with Gasteiger partial charge in [-0.1, -0.05) is 42.1 Å². The Labute approximate surface area is 145 Å². The molecule has 1 N–H and O–H groups in total. The number of benzene rings is 1. The first-order valence-electron chi connectivity index (χ1n) is 7.93. The number of aromatic nitrogens is 3. The fraction of sp³-hybridized carbons (Fsp3) is 0.412. The Morgan fingerprint density at radius 2 is 2.04 bits per heavy atom. The van der Waals surface area contributed by atoms with Gasteiger partial charge < -0.3 is 9.88 Å². The highest BCUT2D eigenvalue weighted by atomic mass is 32.2. The standard InChI is InChI=1S/C17H19N5OS/c1-22-15(13-7-3-2-4-8-13)20-21-16(22)24-11-14(23)19-17(12-18)9-5-6-10-17/h2-4,7-8H,5-6,9-11H2,1H3,(H,19,23). The van der Waals surface area contributed by atoms with Gasteiger partial charge in [0.05, 0.1) is 11.8 Å². The molecule has 24 heavy (non-hydrogen) atoms. The van der Waals surface area contributed by atoms with Crippen LogP contribution in [0.25, 0.3) is 11.4 Å². The van der Waals surface area contributed by atoms with E-state index in [1.807, 2.05) is 41.9 Å². The molecule has 0 spiro atoms. The maximum Gasteiger partial charge on any atom is 0.231 e. The Morgan fingerprint density at radius 3 is 2.71 bits per heavy atom. The molecule has 0 saturated heterocycles. The fourth-order valence-electron chi connectivity index (χ4n) is 2.96. The fourth-order valence-corrected chi connectivity index (χ4v) is 3.67. The third kappa shape index (κ3) is 3.44. The smallest absolute Gasteiger partial charge is 0.231 e. The number of carbonyl (C=O) groups excluding carboxylic acids is 1. The molecular formula is C17H19N5OS. The molecule has 1 aliphatic carbocycles. The van der Waals surface area contributed by atoms with Gasteiger partial charge in [-0.25, -0.2) is 0 Å². The minimum Gasteiger partial charge on any atom is -0.337 e. The zero-order valence-corrected chi connectivity index (χ0v) is 14.3. The molecule has 1 aromatic heterocycles. The van der Waals surface area contributed by atoms with E-state index in [0.717, 1.165) is 37.1 Å². The van der Waals surface area contributed by atoms with Crippen molar-refractivity contribution in [2.45, 2.75) is 36.4 Å². The Kier molecular flexibility index (Phi) is 4.86. The molecule has 2 aromatic rings. The van der Waals surface area contributed by atoms with Gasteiger partial charge >= 0.3 is 0 Å². The summed E-state index contributed by atoms with van der Waals surface area (Å²) in [7, 11) is 1.89. The minimum atomic E-state index is -0.674. The van der Waals surface area contributed by atoms with Gasteiger partial charge in [0.1, 0.15) is 5.54 Å². The number of hydrogen-bond donors (Lipinski definition) is 1. The minimum absolute atomic E-state index is 0.132. The molecule has 7 heteroatoms. The number of amides is 1. The summed E-state index contributed by atoms with van der Waals surface area (Å²) in [5.74, 6) is 0.861. The van der Waals surface area contributed by atoms with Crippen LogP contribution in [0.15, 0.2) is 35.5 Å². The lowest BCUT2D eigenvalue weighted by Gasteiger charge is -2.21. The Bertz CT molecular complexity index is 759. The highest BCUT2D eigenvalue weighted by molar-refractivity contribution is 7.99. The molecule has 1 amide bonds. The van der Waals surface area contributed by atoms with Gasteiger partial charge in [0.25, 0.3) is 0 Å². The van der Waals surface area contributed by atoms with Crippen LogP contribution >= 0.6 is 11.8 Å². The van der Waals surface area contributed by atoms with Gasteiger partial charge in [0.15, 0.2) is 11.0 Å². The molecule has 6 nitrogen and oxygen atoms in total. The second kappa shape index (κ2) is 7.05. The van der Waals surface area contributed by atoms with Crippen LogP contribution in [0.1, 0.15) is 25.7 Å². The molecule has 0 aliphatic heterocycles. The van der Waals surface area contributed by atoms with Crippen LogP contribution in [-0.4, -0.2) is 32.0 Å². The van der Waals surface area contributed by atoms with E-state index >= 15 is 0 Å². The number of thioether (sulfide) groups is 1. The predicted octanol–water partition coefficient (Wildman–Crippen LogP) is 2.53. The monoisotopic (exact) mass is 341 g/mol. The summed E-state index contributed by atoms with van der Waals surface area (Å²) in [6.45, 7) is 0. The first-order valence-corrected chi connectivity index (χ1v) is 8.92. The van der Waals surface area contributed by atoms with Gasteiger partial charge in [-0.05, 0) is 25.7 Å². The normalized spacial score (nSPS) is 15.8. The first-order chi connectivity index (χ1) is 11.6. The summed E-state index contributed by atoms with van der Waals surface area (Å²) in [5, 5.41) is 21.3. The first kappa shape index (κ1) is 16.5. The maximum atomic E-state index is 12.2. The molecule has 0 unspecified atom stereocenters. The van der Waals surface area contributed by atoms with Gasteiger partial charge in [0, 0.05) is 12.6 Å². The average molecular weight is 341 g/mol. The van der Waals surface area contributed by atoms with Crippen LogP contribution in [0.2, 0.25) is 0 Å². The molecular weight excluding hydrogens is 322 g/mol. The van der Waals surface area contributed by atoms with Crippen molar-refractivity contribution in [1.29, 1.82) is 5.26 Å². The van der Waals surface area contributed by atoms with Gasteiger partial charge in [-0.3, -0.25) is 4.79 Å². The van der Waals surface area contributed by atoms with Crippen LogP contribution in [-0.2, 0) is 11.8 Å². The molecule has 1 fully saturated rings. The third-order valence-corrected chi connectivity index (χ3v) is 5.27. The molecule has 0 bridgehead atoms. The lowest BCUT2D eigenvalue weighted by atomic mass is 10.0. The number of nitrogens with zero attached hydrogens (tertiary/aromatic N) is 4. The highest BCUT2D eigenvalue weighted by Crippen LogP contribution is 2.29. The molecule has 1 aromatic carbocycles. The van der Waals surface area contributed by atoms with Crippen molar-refractivity contribution in [3.8, 4) is 17.5 Å². The summed E-state index contributed by atoms with van der Waals surface area (Å²) in [4.78, 5) is 12.2. The highest BCUT2D eigenvalue weighted by Gasteiger charge is 2.35. The van der Waals surface area contributed by atoms with Crippen molar-refractivity contribution >= 4 is 17.7 Å². The van der Waals surface area contributed by atoms with Crippen LogP contribution in [0.4, 0.5) is 0 Å². The van der Waals surface area contributed by atoms with E-state index in [1.165, 1.54) is 11.8 Å². The molecule has 1 saturated carbocycles. The third-order valence-electron chi connectivity index (χ3n) is 4.25. The average Bonchev–Trinajstić information content (AvgIpc) is 3.21. The molecule has 0 atom stereocenters. The number of rotatable bonds is 5. The van der Waals surface area contributed by atoms with E-state index in [2.05, 4.69) is 21.6 Å². The van der Waals surface area contributed by atoms with E-state index in [4.69, 9.17) is 0 Å². The Morgan fingerprint density at radius 1 is 1.33 bits per heavy atom. The maximum absolute atomic E-state index is 12.2. The molecule has 124 valence electrons. The number of nitriles is 1. The van der Waals surface area contributed by atoms with Crippen molar-refractivity contribution in [1.82, 2.24) is 20.1 Å². The van der Waals surface area contributed by atoms with Gasteiger partial charge in [-0.15, -0.1) is 10.2 Å². The molecule has 0 radical (unpaired) electrons. The summed E-state index contributed by atoms with van der Waals surface area (Å²) in [6.07, 6.45) is 3.46. The largest absolute Gasteiger partial charge is 0.337 e. The zero-order valence-electron chi connectivity index (χ0n) is 13.5. The van der Waals surface area contributed by atoms with Crippen molar-refractivity contribution in [3.63, 3.8) is 0 Å². The van der Waals surface area contributed by atoms with E-state index in [1.54, 1.807) is 0 Å². The van der Waals surface area contributed by atoms with E-state index < -0.39 is 5.54 Å². The summed E-state index contributed by atoms with van der Waals surface area (Å²) < 4.78 is 1.88. The van der Waals surface area contributed by atoms with Crippen LogP contribution < -0.4 is 5.32 Å². The Balaban J connectivity index is 1.62. The number of nitrogens with one attached hydrogen (secondary N) is 1. The van der Waals surface area contributed by atoms with E-state index in [0.29, 0.717) is 5.16 Å². The molecule has 3 rings (SSSR count). The lowest BCUT2D eigenvalue weighted by Crippen LogP contribution is -2.45. The topological polar surface area (TPSA) is 83.6 Å². The zero-order chi connectivity index (χ0) is 17.0. The quantitative estimate of drug-likeness (QED) is 0.845. The van der Waals surface area contributed by atoms with Crippen LogP contribution in [0.3, 0.4) is 0 Å². The second-order valence-electron chi connectivity index (χ2n) is 5.97. The van der Waals surface area contributed by atoms with Crippen LogP contribution in [0, 0.1) is 11.3 Å². The second-order valence-corrected chi connectivity index (χ2v) is 6.91. The van der Waals surface area contributed by atoms with Crippen molar-refractivity contribution in [2.24, 2.45) is 7.05 Å². The SMILES string of the molecule is Cn1c(SCC(=O)NC2(C#N)CCCC2)nnc1-c1ccccc1. The summed E-state index contributed by atoms with van der Waals surface area (Å²) in [5.41, 5.74) is 0.311. The predicted molar refractivity (Wildman–Crippen MR) is 92.1 cm³/mol. The van der Waals surface area contributed by atoms with Crippen molar-refractivity contribution < 1.29 is 4.79 Å². The summed E-state index contributed by atoms with van der Waals surface area (Å²) >= 11 is 1.33. The van der Waals surface area contributed by atoms with Gasteiger partial charge in [0.2, 0.25) is 5.91 Å². The summed E-state index contributed by atoms with van der Waals surface area (Å²) in [6, 6.07) is 12.1. The Hall–Kier alpha value is -2.33. The van der Waals surface area contributed by atoms with E-state index in [-0.39, 0.29) is 11.7 Å². The number of hydrogen-bond acceptors (Lipinski definition) is 5.